The van der Waals surface area contributed by atoms with E-state index in [1.807, 2.05) is 6.92 Å². The van der Waals surface area contributed by atoms with Crippen LogP contribution in [-0.4, -0.2) is 6.61 Å². The zero-order valence-electron chi connectivity index (χ0n) is 7.06. The van der Waals surface area contributed by atoms with Crippen molar-refractivity contribution in [2.24, 2.45) is 0 Å². The standard InChI is InChI=1S/C9H9Br2FO/c1-2-13-8-5-3-7(4-6-8)9(10,11)12/h3-6H,2H2,1H3. The lowest BCUT2D eigenvalue weighted by Gasteiger charge is -2.10. The second-order valence-electron chi connectivity index (χ2n) is 2.46. The van der Waals surface area contributed by atoms with Crippen molar-refractivity contribution in [1.29, 1.82) is 0 Å². The van der Waals surface area contributed by atoms with E-state index in [1.54, 1.807) is 24.3 Å². The first-order valence-electron chi connectivity index (χ1n) is 3.84. The molecule has 13 heavy (non-hydrogen) atoms. The topological polar surface area (TPSA) is 9.23 Å². The first-order valence-corrected chi connectivity index (χ1v) is 5.42. The van der Waals surface area contributed by atoms with Crippen LogP contribution in [0.5, 0.6) is 5.75 Å². The summed E-state index contributed by atoms with van der Waals surface area (Å²) in [7, 11) is 0. The van der Waals surface area contributed by atoms with Gasteiger partial charge in [-0.15, -0.1) is 0 Å². The molecule has 0 aliphatic heterocycles. The van der Waals surface area contributed by atoms with E-state index in [0.717, 1.165) is 5.75 Å². The van der Waals surface area contributed by atoms with Gasteiger partial charge in [-0.05, 0) is 50.9 Å². The first-order chi connectivity index (χ1) is 6.04. The van der Waals surface area contributed by atoms with Gasteiger partial charge in [-0.2, -0.15) is 0 Å². The quantitative estimate of drug-likeness (QED) is 0.768. The van der Waals surface area contributed by atoms with Crippen molar-refractivity contribution in [3.63, 3.8) is 0 Å². The minimum Gasteiger partial charge on any atom is -0.494 e. The molecular weight excluding hydrogens is 303 g/mol. The van der Waals surface area contributed by atoms with Crippen molar-refractivity contribution >= 4 is 31.9 Å². The summed E-state index contributed by atoms with van der Waals surface area (Å²) in [5.74, 6) is 0.746. The molecule has 1 rings (SSSR count). The van der Waals surface area contributed by atoms with E-state index in [0.29, 0.717) is 12.2 Å². The third-order valence-corrected chi connectivity index (χ3v) is 2.41. The molecule has 0 unspecified atom stereocenters. The summed E-state index contributed by atoms with van der Waals surface area (Å²) in [4.78, 5) is 0. The molecule has 1 aromatic rings. The van der Waals surface area contributed by atoms with Crippen molar-refractivity contribution in [2.75, 3.05) is 6.61 Å². The maximum atomic E-state index is 13.2. The number of benzene rings is 1. The van der Waals surface area contributed by atoms with Gasteiger partial charge in [0, 0.05) is 5.56 Å². The molecule has 0 amide bonds. The highest BCUT2D eigenvalue weighted by atomic mass is 79.9. The molecule has 0 bridgehead atoms. The van der Waals surface area contributed by atoms with Gasteiger partial charge >= 0.3 is 0 Å². The van der Waals surface area contributed by atoms with Crippen LogP contribution in [-0.2, 0) is 3.49 Å². The minimum atomic E-state index is -1.65. The van der Waals surface area contributed by atoms with Crippen LogP contribution in [0, 0.1) is 0 Å². The summed E-state index contributed by atoms with van der Waals surface area (Å²) in [6, 6.07) is 6.79. The van der Waals surface area contributed by atoms with Gasteiger partial charge in [0.25, 0.3) is 0 Å². The molecule has 4 heteroatoms. The normalized spacial score (nSPS) is 11.4. The molecule has 0 spiro atoms. The predicted octanol–water partition coefficient (Wildman–Crippen LogP) is 3.95. The van der Waals surface area contributed by atoms with Crippen molar-refractivity contribution in [3.8, 4) is 5.75 Å². The molecule has 0 atom stereocenters. The number of halogens is 3. The second kappa shape index (κ2) is 4.42. The summed E-state index contributed by atoms with van der Waals surface area (Å²) < 4.78 is 16.8. The number of ether oxygens (including phenoxy) is 1. The average Bonchev–Trinajstić information content (AvgIpc) is 2.04. The molecule has 0 saturated carbocycles. The van der Waals surface area contributed by atoms with Gasteiger partial charge in [-0.25, -0.2) is 4.39 Å². The fourth-order valence-corrected chi connectivity index (χ4v) is 1.44. The molecule has 0 aliphatic rings. The fourth-order valence-electron chi connectivity index (χ4n) is 0.907. The van der Waals surface area contributed by atoms with Crippen molar-refractivity contribution in [2.45, 2.75) is 10.4 Å². The van der Waals surface area contributed by atoms with E-state index in [9.17, 15) is 4.39 Å². The number of hydrogen-bond donors (Lipinski definition) is 0. The Balaban J connectivity index is 2.81. The fraction of sp³-hybridized carbons (Fsp3) is 0.333. The van der Waals surface area contributed by atoms with Gasteiger partial charge in [-0.1, -0.05) is 12.1 Å². The Morgan fingerprint density at radius 2 is 1.85 bits per heavy atom. The Morgan fingerprint density at radius 1 is 1.31 bits per heavy atom. The Kier molecular flexibility index (Phi) is 3.74. The van der Waals surface area contributed by atoms with Crippen LogP contribution < -0.4 is 4.74 Å². The smallest absolute Gasteiger partial charge is 0.244 e. The minimum absolute atomic E-state index is 0.510. The van der Waals surface area contributed by atoms with Crippen LogP contribution in [0.2, 0.25) is 0 Å². The van der Waals surface area contributed by atoms with Gasteiger partial charge in [0.2, 0.25) is 3.49 Å². The molecular formula is C9H9Br2FO. The third-order valence-electron chi connectivity index (χ3n) is 1.49. The summed E-state index contributed by atoms with van der Waals surface area (Å²) in [6.07, 6.45) is 0. The van der Waals surface area contributed by atoms with Gasteiger partial charge in [0.15, 0.2) is 0 Å². The molecule has 0 heterocycles. The van der Waals surface area contributed by atoms with Crippen LogP contribution >= 0.6 is 31.9 Å². The highest BCUT2D eigenvalue weighted by Crippen LogP contribution is 2.39. The highest BCUT2D eigenvalue weighted by molar-refractivity contribution is 9.24. The molecule has 0 radical (unpaired) electrons. The van der Waals surface area contributed by atoms with E-state index in [1.165, 1.54) is 0 Å². The molecule has 0 aliphatic carbocycles. The van der Waals surface area contributed by atoms with Crippen LogP contribution in [0.25, 0.3) is 0 Å². The monoisotopic (exact) mass is 310 g/mol. The highest BCUT2D eigenvalue weighted by Gasteiger charge is 2.23. The van der Waals surface area contributed by atoms with E-state index < -0.39 is 3.49 Å². The number of hydrogen-bond acceptors (Lipinski definition) is 1. The number of alkyl halides is 3. The Labute approximate surface area is 93.5 Å². The zero-order chi connectivity index (χ0) is 9.90. The Hall–Kier alpha value is -0.0900. The SMILES string of the molecule is CCOc1ccc(C(F)(Br)Br)cc1. The lowest BCUT2D eigenvalue weighted by Crippen LogP contribution is -1.99. The summed E-state index contributed by atoms with van der Waals surface area (Å²) in [5, 5.41) is 0. The van der Waals surface area contributed by atoms with Crippen molar-refractivity contribution < 1.29 is 9.13 Å². The molecule has 1 nitrogen and oxygen atoms in total. The van der Waals surface area contributed by atoms with Crippen LogP contribution in [0.1, 0.15) is 12.5 Å². The second-order valence-corrected chi connectivity index (χ2v) is 5.70. The van der Waals surface area contributed by atoms with Crippen molar-refractivity contribution in [3.05, 3.63) is 29.8 Å². The van der Waals surface area contributed by atoms with E-state index >= 15 is 0 Å². The van der Waals surface area contributed by atoms with Gasteiger partial charge in [0.1, 0.15) is 5.75 Å². The maximum Gasteiger partial charge on any atom is 0.244 e. The number of rotatable bonds is 3. The van der Waals surface area contributed by atoms with Gasteiger partial charge in [-0.3, -0.25) is 0 Å². The third kappa shape index (κ3) is 3.27. The first kappa shape index (κ1) is 11.0. The lowest BCUT2D eigenvalue weighted by molar-refractivity contribution is 0.340. The molecule has 0 saturated heterocycles. The predicted molar refractivity (Wildman–Crippen MR) is 58.3 cm³/mol. The Bertz CT molecular complexity index is 266. The van der Waals surface area contributed by atoms with Crippen LogP contribution in [0.4, 0.5) is 4.39 Å². The van der Waals surface area contributed by atoms with Crippen LogP contribution in [0.3, 0.4) is 0 Å². The summed E-state index contributed by atoms with van der Waals surface area (Å²) >= 11 is 5.72. The summed E-state index contributed by atoms with van der Waals surface area (Å²) in [5.41, 5.74) is 0.510. The molecule has 1 aromatic carbocycles. The molecule has 72 valence electrons. The van der Waals surface area contributed by atoms with E-state index in [-0.39, 0.29) is 0 Å². The van der Waals surface area contributed by atoms with Gasteiger partial charge < -0.3 is 4.74 Å². The lowest BCUT2D eigenvalue weighted by atomic mass is 10.2. The Morgan fingerprint density at radius 3 is 2.23 bits per heavy atom. The molecule has 0 aromatic heterocycles. The van der Waals surface area contributed by atoms with E-state index in [4.69, 9.17) is 4.74 Å². The molecule has 0 fully saturated rings. The van der Waals surface area contributed by atoms with Crippen molar-refractivity contribution in [1.82, 2.24) is 0 Å². The zero-order valence-corrected chi connectivity index (χ0v) is 10.2. The largest absolute Gasteiger partial charge is 0.494 e. The van der Waals surface area contributed by atoms with Gasteiger partial charge in [0.05, 0.1) is 6.61 Å². The van der Waals surface area contributed by atoms with Crippen LogP contribution in [0.15, 0.2) is 24.3 Å². The maximum absolute atomic E-state index is 13.2. The molecule has 0 N–H and O–H groups in total. The average molecular weight is 312 g/mol. The van der Waals surface area contributed by atoms with E-state index in [2.05, 4.69) is 31.9 Å². The summed E-state index contributed by atoms with van der Waals surface area (Å²) in [6.45, 7) is 2.52.